The maximum Gasteiger partial charge on any atom is 0.232 e. The summed E-state index contributed by atoms with van der Waals surface area (Å²) >= 11 is 4.06. The highest BCUT2D eigenvalue weighted by atomic mass is 32.1. The molecule has 0 N–H and O–H groups in total. The van der Waals surface area contributed by atoms with Crippen molar-refractivity contribution < 1.29 is 9.53 Å². The Bertz CT molecular complexity index is 293. The van der Waals surface area contributed by atoms with Gasteiger partial charge in [0.2, 0.25) is 5.91 Å². The van der Waals surface area contributed by atoms with Crippen LogP contribution in [-0.2, 0) is 9.53 Å². The number of methoxy groups -OCH3 is 1. The summed E-state index contributed by atoms with van der Waals surface area (Å²) in [4.78, 5) is 16.1. The molecule has 2 aliphatic rings. The minimum absolute atomic E-state index is 0.180. The van der Waals surface area contributed by atoms with Crippen LogP contribution in [0.4, 0.5) is 0 Å². The highest BCUT2D eigenvalue weighted by Gasteiger charge is 2.26. The number of carbonyl (C=O) groups excluding carboxylic acids is 1. The first kappa shape index (κ1) is 15.1. The van der Waals surface area contributed by atoms with Crippen molar-refractivity contribution in [3.05, 3.63) is 0 Å². The van der Waals surface area contributed by atoms with Crippen LogP contribution in [0.25, 0.3) is 0 Å². The van der Waals surface area contributed by atoms with Gasteiger partial charge < -0.3 is 14.5 Å². The van der Waals surface area contributed by atoms with Crippen LogP contribution >= 0.6 is 12.6 Å². The van der Waals surface area contributed by atoms with Gasteiger partial charge in [-0.15, -0.1) is 0 Å². The summed E-state index contributed by atoms with van der Waals surface area (Å²) < 4.78 is 5.47. The predicted molar refractivity (Wildman–Crippen MR) is 79.6 cm³/mol. The van der Waals surface area contributed by atoms with Crippen molar-refractivity contribution in [1.82, 2.24) is 9.80 Å². The summed E-state index contributed by atoms with van der Waals surface area (Å²) in [5, 5.41) is 0. The Kier molecular flexibility index (Phi) is 5.98. The minimum Gasteiger partial charge on any atom is -0.380 e. The van der Waals surface area contributed by atoms with Crippen LogP contribution < -0.4 is 0 Å². The van der Waals surface area contributed by atoms with E-state index >= 15 is 0 Å². The molecule has 0 spiro atoms. The van der Waals surface area contributed by atoms with Crippen molar-refractivity contribution >= 4 is 18.5 Å². The molecule has 0 aliphatic carbocycles. The van der Waals surface area contributed by atoms with Gasteiger partial charge >= 0.3 is 0 Å². The van der Waals surface area contributed by atoms with Gasteiger partial charge in [0.1, 0.15) is 0 Å². The van der Waals surface area contributed by atoms with Gasteiger partial charge in [-0.1, -0.05) is 0 Å². The number of rotatable bonds is 4. The highest BCUT2D eigenvalue weighted by molar-refractivity contribution is 7.81. The normalized spacial score (nSPS) is 26.6. The second kappa shape index (κ2) is 7.50. The number of amides is 1. The van der Waals surface area contributed by atoms with E-state index in [-0.39, 0.29) is 5.91 Å². The molecule has 110 valence electrons. The predicted octanol–water partition coefficient (Wildman–Crippen LogP) is 1.27. The molecular formula is C14H26N2O2S. The number of hydrogen-bond donors (Lipinski definition) is 1. The number of piperidine rings is 2. The fourth-order valence-corrected chi connectivity index (χ4v) is 3.40. The number of thiol groups is 1. The maximum atomic E-state index is 11.6. The average molecular weight is 286 g/mol. The number of nitrogens with zero attached hydrogens (tertiary/aromatic N) is 2. The lowest BCUT2D eigenvalue weighted by atomic mass is 9.95. The third-order valence-corrected chi connectivity index (χ3v) is 4.69. The van der Waals surface area contributed by atoms with Gasteiger partial charge in [-0.3, -0.25) is 4.79 Å². The van der Waals surface area contributed by atoms with E-state index in [9.17, 15) is 4.79 Å². The summed E-state index contributed by atoms with van der Waals surface area (Å²) in [6, 6.07) is 0. The topological polar surface area (TPSA) is 32.8 Å². The lowest BCUT2D eigenvalue weighted by molar-refractivity contribution is -0.129. The fraction of sp³-hybridized carbons (Fsp3) is 0.929. The number of carbonyl (C=O) groups is 1. The lowest BCUT2D eigenvalue weighted by Crippen LogP contribution is -2.45. The standard InChI is InChI=1S/C14H26N2O2S/c1-18-13-3-2-6-15(10-13)9-12-4-7-16(8-5-12)14(17)11-19/h12-13,19H,2-11H2,1H3. The molecule has 5 heteroatoms. The summed E-state index contributed by atoms with van der Waals surface area (Å²) in [6.45, 7) is 5.27. The molecule has 1 atom stereocenters. The van der Waals surface area contributed by atoms with Crippen molar-refractivity contribution in [1.29, 1.82) is 0 Å². The molecule has 1 unspecified atom stereocenters. The van der Waals surface area contributed by atoms with E-state index in [2.05, 4.69) is 17.5 Å². The Balaban J connectivity index is 1.71. The van der Waals surface area contributed by atoms with Crippen molar-refractivity contribution in [3.63, 3.8) is 0 Å². The zero-order valence-corrected chi connectivity index (χ0v) is 12.8. The van der Waals surface area contributed by atoms with Gasteiger partial charge in [-0.25, -0.2) is 0 Å². The first-order valence-corrected chi connectivity index (χ1v) is 8.00. The Hall–Kier alpha value is -0.260. The smallest absolute Gasteiger partial charge is 0.232 e. The third-order valence-electron chi connectivity index (χ3n) is 4.41. The highest BCUT2D eigenvalue weighted by Crippen LogP contribution is 2.21. The fourth-order valence-electron chi connectivity index (χ4n) is 3.20. The van der Waals surface area contributed by atoms with Crippen LogP contribution in [0.15, 0.2) is 0 Å². The second-order valence-corrected chi connectivity index (χ2v) is 6.06. The van der Waals surface area contributed by atoms with E-state index in [4.69, 9.17) is 4.74 Å². The van der Waals surface area contributed by atoms with Crippen LogP contribution in [0.2, 0.25) is 0 Å². The molecule has 4 nitrogen and oxygen atoms in total. The first-order chi connectivity index (χ1) is 9.22. The quantitative estimate of drug-likeness (QED) is 0.790. The average Bonchev–Trinajstić information content (AvgIpc) is 2.47. The van der Waals surface area contributed by atoms with Gasteiger partial charge in [0.25, 0.3) is 0 Å². The van der Waals surface area contributed by atoms with E-state index in [1.54, 1.807) is 0 Å². The van der Waals surface area contributed by atoms with Crippen LogP contribution in [0, 0.1) is 5.92 Å². The van der Waals surface area contributed by atoms with Crippen LogP contribution in [-0.4, -0.2) is 67.4 Å². The Morgan fingerprint density at radius 3 is 2.63 bits per heavy atom. The number of likely N-dealkylation sites (tertiary alicyclic amines) is 2. The zero-order valence-electron chi connectivity index (χ0n) is 11.9. The molecule has 0 radical (unpaired) electrons. The molecule has 2 rings (SSSR count). The zero-order chi connectivity index (χ0) is 13.7. The summed E-state index contributed by atoms with van der Waals surface area (Å²) in [5.41, 5.74) is 0. The summed E-state index contributed by atoms with van der Waals surface area (Å²) in [5.74, 6) is 1.26. The molecule has 2 aliphatic heterocycles. The maximum absolute atomic E-state index is 11.6. The molecule has 0 bridgehead atoms. The Morgan fingerprint density at radius 2 is 2.00 bits per heavy atom. The first-order valence-electron chi connectivity index (χ1n) is 7.36. The van der Waals surface area contributed by atoms with Gasteiger partial charge in [-0.2, -0.15) is 12.6 Å². The molecule has 0 saturated carbocycles. The van der Waals surface area contributed by atoms with Gasteiger partial charge in [0.15, 0.2) is 0 Å². The Labute approximate surface area is 121 Å². The van der Waals surface area contributed by atoms with Crippen molar-refractivity contribution in [2.24, 2.45) is 5.92 Å². The number of ether oxygens (including phenoxy) is 1. The summed E-state index contributed by atoms with van der Waals surface area (Å²) in [6.07, 6.45) is 5.12. The molecule has 2 heterocycles. The van der Waals surface area contributed by atoms with E-state index in [1.165, 1.54) is 25.9 Å². The van der Waals surface area contributed by atoms with E-state index in [0.717, 1.165) is 38.4 Å². The van der Waals surface area contributed by atoms with Gasteiger partial charge in [0, 0.05) is 33.3 Å². The molecule has 2 saturated heterocycles. The van der Waals surface area contributed by atoms with Crippen LogP contribution in [0.5, 0.6) is 0 Å². The molecule has 1 amide bonds. The van der Waals surface area contributed by atoms with E-state index < -0.39 is 0 Å². The van der Waals surface area contributed by atoms with E-state index in [1.807, 2.05) is 12.0 Å². The lowest BCUT2D eigenvalue weighted by Gasteiger charge is -2.37. The van der Waals surface area contributed by atoms with Crippen molar-refractivity contribution in [2.45, 2.75) is 31.8 Å². The second-order valence-electron chi connectivity index (χ2n) is 5.74. The van der Waals surface area contributed by atoms with E-state index in [0.29, 0.717) is 11.9 Å². The largest absolute Gasteiger partial charge is 0.380 e. The van der Waals surface area contributed by atoms with Crippen LogP contribution in [0.1, 0.15) is 25.7 Å². The molecular weight excluding hydrogens is 260 g/mol. The Morgan fingerprint density at radius 1 is 1.26 bits per heavy atom. The molecule has 2 fully saturated rings. The monoisotopic (exact) mass is 286 g/mol. The van der Waals surface area contributed by atoms with Gasteiger partial charge in [0.05, 0.1) is 11.9 Å². The van der Waals surface area contributed by atoms with Crippen LogP contribution in [0.3, 0.4) is 0 Å². The summed E-state index contributed by atoms with van der Waals surface area (Å²) in [7, 11) is 1.82. The molecule has 0 aromatic heterocycles. The van der Waals surface area contributed by atoms with Crippen molar-refractivity contribution in [2.75, 3.05) is 45.6 Å². The molecule has 0 aromatic carbocycles. The van der Waals surface area contributed by atoms with Crippen molar-refractivity contribution in [3.8, 4) is 0 Å². The minimum atomic E-state index is 0.180. The number of hydrogen-bond acceptors (Lipinski definition) is 4. The molecule has 19 heavy (non-hydrogen) atoms. The van der Waals surface area contributed by atoms with Gasteiger partial charge in [-0.05, 0) is 38.1 Å². The SMILES string of the molecule is COC1CCCN(CC2CCN(C(=O)CS)CC2)C1. The molecule has 0 aromatic rings. The third kappa shape index (κ3) is 4.36.